The van der Waals surface area contributed by atoms with Crippen LogP contribution in [0.25, 0.3) is 0 Å². The Morgan fingerprint density at radius 3 is 3.05 bits per heavy atom. The number of ether oxygens (including phenoxy) is 2. The molecule has 3 atom stereocenters. The van der Waals surface area contributed by atoms with Crippen molar-refractivity contribution in [3.63, 3.8) is 0 Å². The Labute approximate surface area is 129 Å². The number of phenolic OH excluding ortho intramolecular Hbond substituents is 1. The second-order valence-electron chi connectivity index (χ2n) is 6.76. The van der Waals surface area contributed by atoms with E-state index in [1.165, 1.54) is 16.7 Å². The van der Waals surface area contributed by atoms with E-state index in [9.17, 15) is 5.11 Å². The Balaban J connectivity index is 1.86. The van der Waals surface area contributed by atoms with Crippen molar-refractivity contribution in [3.05, 3.63) is 46.7 Å². The Bertz CT molecular complexity index is 751. The molecule has 2 bridgehead atoms. The fourth-order valence-corrected chi connectivity index (χ4v) is 4.95. The molecule has 1 aromatic rings. The van der Waals surface area contributed by atoms with Crippen molar-refractivity contribution < 1.29 is 14.6 Å². The highest BCUT2D eigenvalue weighted by molar-refractivity contribution is 5.67. The van der Waals surface area contributed by atoms with Crippen molar-refractivity contribution in [2.75, 3.05) is 20.7 Å². The standard InChI is InChI=1S/C18H19NO3/c1-19-8-7-18-11-4-6-14(21-2)17(18)22-16-13(20)5-3-10(15(16)18)9-12(11)19/h3-6,12,17,20H,7-9H2,1-2H3/t12-,17?,18+/m1/s1. The van der Waals surface area contributed by atoms with Crippen molar-refractivity contribution in [2.45, 2.75) is 30.4 Å². The highest BCUT2D eigenvalue weighted by Gasteiger charge is 2.61. The molecule has 2 aliphatic heterocycles. The Kier molecular flexibility index (Phi) is 2.22. The molecule has 1 unspecified atom stereocenters. The summed E-state index contributed by atoms with van der Waals surface area (Å²) in [6, 6.07) is 4.25. The van der Waals surface area contributed by atoms with Crippen molar-refractivity contribution in [2.24, 2.45) is 0 Å². The average Bonchev–Trinajstić information content (AvgIpc) is 2.88. The lowest BCUT2D eigenvalue weighted by Crippen LogP contribution is -2.58. The van der Waals surface area contributed by atoms with Gasteiger partial charge in [0.25, 0.3) is 0 Å². The van der Waals surface area contributed by atoms with Gasteiger partial charge in [0, 0.05) is 11.6 Å². The van der Waals surface area contributed by atoms with Gasteiger partial charge in [-0.3, -0.25) is 4.90 Å². The number of piperidine rings is 1. The summed E-state index contributed by atoms with van der Waals surface area (Å²) in [6.07, 6.45) is 6.11. The molecule has 4 aliphatic rings. The molecule has 1 aromatic carbocycles. The molecular weight excluding hydrogens is 278 g/mol. The molecule has 114 valence electrons. The summed E-state index contributed by atoms with van der Waals surface area (Å²) in [5.41, 5.74) is 3.78. The van der Waals surface area contributed by atoms with Crippen LogP contribution >= 0.6 is 0 Å². The minimum Gasteiger partial charge on any atom is -0.504 e. The minimum absolute atomic E-state index is 0.143. The zero-order valence-corrected chi connectivity index (χ0v) is 12.8. The van der Waals surface area contributed by atoms with Gasteiger partial charge in [0.2, 0.25) is 0 Å². The molecule has 2 heterocycles. The predicted molar refractivity (Wildman–Crippen MR) is 82.1 cm³/mol. The predicted octanol–water partition coefficient (Wildman–Crippen LogP) is 2.12. The quantitative estimate of drug-likeness (QED) is 0.862. The number of benzene rings is 1. The monoisotopic (exact) mass is 297 g/mol. The molecule has 0 saturated carbocycles. The molecule has 22 heavy (non-hydrogen) atoms. The van der Waals surface area contributed by atoms with Gasteiger partial charge < -0.3 is 14.6 Å². The van der Waals surface area contributed by atoms with Crippen molar-refractivity contribution in [3.8, 4) is 11.5 Å². The number of phenols is 1. The van der Waals surface area contributed by atoms with Crippen molar-refractivity contribution in [1.29, 1.82) is 0 Å². The number of allylic oxidation sites excluding steroid dienone is 2. The van der Waals surface area contributed by atoms with Crippen LogP contribution in [0, 0.1) is 0 Å². The smallest absolute Gasteiger partial charge is 0.169 e. The van der Waals surface area contributed by atoms with Gasteiger partial charge in [-0.25, -0.2) is 0 Å². The van der Waals surface area contributed by atoms with Gasteiger partial charge >= 0.3 is 0 Å². The van der Waals surface area contributed by atoms with Gasteiger partial charge in [-0.15, -0.1) is 0 Å². The molecule has 1 N–H and O–H groups in total. The third-order valence-corrected chi connectivity index (χ3v) is 5.95. The summed E-state index contributed by atoms with van der Waals surface area (Å²) in [7, 11) is 3.90. The molecule has 2 aliphatic carbocycles. The minimum atomic E-state index is -0.154. The molecule has 1 spiro atoms. The molecule has 0 amide bonds. The van der Waals surface area contributed by atoms with Crippen molar-refractivity contribution in [1.82, 2.24) is 4.90 Å². The zero-order valence-electron chi connectivity index (χ0n) is 12.8. The highest BCUT2D eigenvalue weighted by atomic mass is 16.5. The maximum atomic E-state index is 10.3. The molecular formula is C18H19NO3. The van der Waals surface area contributed by atoms with Crippen LogP contribution in [0.3, 0.4) is 0 Å². The Morgan fingerprint density at radius 1 is 1.36 bits per heavy atom. The van der Waals surface area contributed by atoms with E-state index < -0.39 is 0 Å². The molecule has 0 aromatic heterocycles. The third-order valence-electron chi connectivity index (χ3n) is 5.95. The first-order valence-corrected chi connectivity index (χ1v) is 7.85. The van der Waals surface area contributed by atoms with Gasteiger partial charge in [-0.05, 0) is 49.7 Å². The van der Waals surface area contributed by atoms with Crippen molar-refractivity contribution >= 4 is 0 Å². The second-order valence-corrected chi connectivity index (χ2v) is 6.76. The van der Waals surface area contributed by atoms with Gasteiger partial charge in [-0.1, -0.05) is 12.1 Å². The number of likely N-dealkylation sites (N-methyl/N-ethyl adjacent to an activating group) is 1. The molecule has 1 fully saturated rings. The molecule has 4 nitrogen and oxygen atoms in total. The van der Waals surface area contributed by atoms with Gasteiger partial charge in [0.15, 0.2) is 17.6 Å². The number of rotatable bonds is 1. The average molecular weight is 297 g/mol. The summed E-state index contributed by atoms with van der Waals surface area (Å²) >= 11 is 0. The van der Waals surface area contributed by atoms with Crippen LogP contribution in [-0.4, -0.2) is 42.9 Å². The first-order valence-electron chi connectivity index (χ1n) is 7.85. The van der Waals surface area contributed by atoms with Crippen LogP contribution in [0.5, 0.6) is 11.5 Å². The Morgan fingerprint density at radius 2 is 2.23 bits per heavy atom. The van der Waals surface area contributed by atoms with Crippen LogP contribution in [-0.2, 0) is 16.6 Å². The van der Waals surface area contributed by atoms with E-state index >= 15 is 0 Å². The lowest BCUT2D eigenvalue weighted by molar-refractivity contribution is 0.0735. The topological polar surface area (TPSA) is 41.9 Å². The fourth-order valence-electron chi connectivity index (χ4n) is 4.95. The lowest BCUT2D eigenvalue weighted by atomic mass is 9.57. The van der Waals surface area contributed by atoms with Crippen LogP contribution < -0.4 is 4.74 Å². The number of likely N-dealkylation sites (tertiary alicyclic amines) is 1. The summed E-state index contributed by atoms with van der Waals surface area (Å²) < 4.78 is 11.8. The molecule has 1 saturated heterocycles. The van der Waals surface area contributed by atoms with Gasteiger partial charge in [0.1, 0.15) is 5.76 Å². The van der Waals surface area contributed by atoms with E-state index in [0.717, 1.165) is 25.1 Å². The normalized spacial score (nSPS) is 34.5. The molecule has 4 heteroatoms. The van der Waals surface area contributed by atoms with Crippen LogP contribution in [0.4, 0.5) is 0 Å². The third kappa shape index (κ3) is 1.20. The number of hydrogen-bond donors (Lipinski definition) is 1. The summed E-state index contributed by atoms with van der Waals surface area (Å²) in [5.74, 6) is 1.77. The van der Waals surface area contributed by atoms with Gasteiger partial charge in [0.05, 0.1) is 12.5 Å². The summed E-state index contributed by atoms with van der Waals surface area (Å²) in [5, 5.41) is 10.3. The van der Waals surface area contributed by atoms with E-state index in [-0.39, 0.29) is 17.3 Å². The summed E-state index contributed by atoms with van der Waals surface area (Å²) in [6.45, 7) is 1.04. The maximum absolute atomic E-state index is 10.3. The Hall–Kier alpha value is -1.94. The lowest BCUT2D eigenvalue weighted by Gasteiger charge is -2.52. The number of aromatic hydroxyl groups is 1. The van der Waals surface area contributed by atoms with E-state index in [4.69, 9.17) is 9.47 Å². The number of methoxy groups -OCH3 is 1. The summed E-state index contributed by atoms with van der Waals surface area (Å²) in [4.78, 5) is 2.44. The zero-order chi connectivity index (χ0) is 15.1. The largest absolute Gasteiger partial charge is 0.504 e. The first kappa shape index (κ1) is 12.6. The maximum Gasteiger partial charge on any atom is 0.169 e. The van der Waals surface area contributed by atoms with E-state index in [1.54, 1.807) is 13.2 Å². The van der Waals surface area contributed by atoms with E-state index in [2.05, 4.69) is 24.1 Å². The van der Waals surface area contributed by atoms with E-state index in [1.807, 2.05) is 6.08 Å². The SMILES string of the molecule is COC1=CC=C2[C@H]3Cc4ccc(O)c5c4[C@@]2(CCN3C)C1O5. The van der Waals surface area contributed by atoms with E-state index in [0.29, 0.717) is 11.8 Å². The first-order chi connectivity index (χ1) is 10.7. The van der Waals surface area contributed by atoms with Gasteiger partial charge in [-0.2, -0.15) is 0 Å². The highest BCUT2D eigenvalue weighted by Crippen LogP contribution is 2.62. The van der Waals surface area contributed by atoms with Crippen LogP contribution in [0.15, 0.2) is 35.6 Å². The second kappa shape index (κ2) is 3.87. The number of nitrogens with zero attached hydrogens (tertiary/aromatic N) is 1. The molecule has 5 rings (SSSR count). The van der Waals surface area contributed by atoms with Crippen LogP contribution in [0.1, 0.15) is 17.5 Å². The fraction of sp³-hybridized carbons (Fsp3) is 0.444. The number of hydrogen-bond acceptors (Lipinski definition) is 4. The molecule has 0 radical (unpaired) electrons. The van der Waals surface area contributed by atoms with Crippen LogP contribution in [0.2, 0.25) is 0 Å².